The molecule has 0 saturated carbocycles. The van der Waals surface area contributed by atoms with Crippen molar-refractivity contribution in [3.8, 4) is 0 Å². The maximum Gasteiger partial charge on any atom is 0.244 e. The van der Waals surface area contributed by atoms with Gasteiger partial charge in [0.15, 0.2) is 0 Å². The van der Waals surface area contributed by atoms with Gasteiger partial charge in [-0.05, 0) is 40.0 Å². The van der Waals surface area contributed by atoms with Crippen molar-refractivity contribution in [2.24, 2.45) is 5.92 Å². The Balaban J connectivity index is 1.63. The lowest BCUT2D eigenvalue weighted by atomic mass is 9.74. The van der Waals surface area contributed by atoms with Gasteiger partial charge < -0.3 is 9.64 Å². The zero-order valence-corrected chi connectivity index (χ0v) is 14.3. The van der Waals surface area contributed by atoms with E-state index in [9.17, 15) is 4.79 Å². The topological polar surface area (TPSA) is 47.4 Å². The summed E-state index contributed by atoms with van der Waals surface area (Å²) in [6.07, 6.45) is 6.29. The van der Waals surface area contributed by atoms with Crippen molar-refractivity contribution in [1.82, 2.24) is 14.7 Å². The van der Waals surface area contributed by atoms with Crippen LogP contribution in [0.3, 0.4) is 0 Å². The van der Waals surface area contributed by atoms with Crippen LogP contribution in [0.2, 0.25) is 5.02 Å². The first-order chi connectivity index (χ1) is 10.3. The number of likely N-dealkylation sites (tertiary alicyclic amines) is 1. The Kier molecular flexibility index (Phi) is 3.98. The minimum Gasteiger partial charge on any atom is -0.369 e. The van der Waals surface area contributed by atoms with E-state index >= 15 is 0 Å². The molecule has 0 bridgehead atoms. The molecule has 2 fully saturated rings. The quantitative estimate of drug-likeness (QED) is 0.840. The number of fused-ring (bicyclic) bond motifs is 1. The van der Waals surface area contributed by atoms with E-state index in [0.717, 1.165) is 32.4 Å². The number of nitrogens with zero attached hydrogens (tertiary/aromatic N) is 3. The second-order valence-corrected chi connectivity index (χ2v) is 7.79. The number of hydrogen-bond acceptors (Lipinski definition) is 3. The van der Waals surface area contributed by atoms with E-state index in [0.29, 0.717) is 10.9 Å². The smallest absolute Gasteiger partial charge is 0.244 e. The summed E-state index contributed by atoms with van der Waals surface area (Å²) in [7, 11) is 0. The van der Waals surface area contributed by atoms with Crippen LogP contribution in [-0.2, 0) is 16.1 Å². The largest absolute Gasteiger partial charge is 0.369 e. The molecule has 122 valence electrons. The van der Waals surface area contributed by atoms with Crippen LogP contribution >= 0.6 is 11.6 Å². The molecule has 0 radical (unpaired) electrons. The number of rotatable bonds is 2. The Morgan fingerprint density at radius 3 is 2.91 bits per heavy atom. The Labute approximate surface area is 136 Å². The second-order valence-electron chi connectivity index (χ2n) is 7.36. The predicted octanol–water partition coefficient (Wildman–Crippen LogP) is 2.73. The fourth-order valence-electron chi connectivity index (χ4n) is 3.74. The first-order valence-corrected chi connectivity index (χ1v) is 8.31. The second kappa shape index (κ2) is 5.53. The third kappa shape index (κ3) is 3.15. The van der Waals surface area contributed by atoms with Gasteiger partial charge in [0, 0.05) is 25.2 Å². The summed E-state index contributed by atoms with van der Waals surface area (Å²) in [5, 5.41) is 4.63. The molecule has 6 heteroatoms. The van der Waals surface area contributed by atoms with Gasteiger partial charge in [-0.25, -0.2) is 0 Å². The summed E-state index contributed by atoms with van der Waals surface area (Å²) < 4.78 is 7.94. The van der Waals surface area contributed by atoms with Crippen LogP contribution in [-0.4, -0.2) is 44.9 Å². The number of hydrogen-bond donors (Lipinski definition) is 0. The molecular formula is C16H24ClN3O2. The standard InChI is InChI=1S/C16H24ClN3O2/c1-15(2)5-4-12-9-19(7-6-16(12,3)22-15)14(21)11-20-10-13(17)8-18-20/h8,10,12H,4-7,9,11H2,1-3H3/t12-,16+/m0/s1. The zero-order chi connectivity index (χ0) is 16.0. The molecule has 1 amide bonds. The number of amides is 1. The highest BCUT2D eigenvalue weighted by atomic mass is 35.5. The molecule has 0 spiro atoms. The molecule has 0 unspecified atom stereocenters. The fourth-order valence-corrected chi connectivity index (χ4v) is 3.89. The molecule has 2 saturated heterocycles. The minimum atomic E-state index is -0.104. The van der Waals surface area contributed by atoms with Gasteiger partial charge in [-0.1, -0.05) is 11.6 Å². The van der Waals surface area contributed by atoms with Crippen LogP contribution in [0.5, 0.6) is 0 Å². The highest BCUT2D eigenvalue weighted by Crippen LogP contribution is 2.43. The summed E-state index contributed by atoms with van der Waals surface area (Å²) >= 11 is 5.84. The Bertz CT molecular complexity index is 571. The lowest BCUT2D eigenvalue weighted by Crippen LogP contribution is -2.58. The number of piperidine rings is 1. The maximum atomic E-state index is 12.5. The van der Waals surface area contributed by atoms with Crippen molar-refractivity contribution < 1.29 is 9.53 Å². The minimum absolute atomic E-state index is 0.0523. The van der Waals surface area contributed by atoms with E-state index < -0.39 is 0 Å². The van der Waals surface area contributed by atoms with E-state index in [1.54, 1.807) is 17.1 Å². The van der Waals surface area contributed by atoms with Crippen LogP contribution in [0.15, 0.2) is 12.4 Å². The average molecular weight is 326 g/mol. The molecule has 2 aliphatic heterocycles. The molecule has 2 aliphatic rings. The normalized spacial score (nSPS) is 30.9. The van der Waals surface area contributed by atoms with E-state index in [1.165, 1.54) is 0 Å². The maximum absolute atomic E-state index is 12.5. The number of carbonyl (C=O) groups excluding carboxylic acids is 1. The molecule has 5 nitrogen and oxygen atoms in total. The number of ether oxygens (including phenoxy) is 1. The molecule has 1 aromatic rings. The van der Waals surface area contributed by atoms with Crippen molar-refractivity contribution in [1.29, 1.82) is 0 Å². The molecule has 0 aromatic carbocycles. The van der Waals surface area contributed by atoms with Gasteiger partial charge in [0.1, 0.15) is 6.54 Å². The van der Waals surface area contributed by atoms with Crippen molar-refractivity contribution >= 4 is 17.5 Å². The van der Waals surface area contributed by atoms with Gasteiger partial charge in [-0.3, -0.25) is 9.48 Å². The van der Waals surface area contributed by atoms with Crippen molar-refractivity contribution in [2.75, 3.05) is 13.1 Å². The molecule has 3 rings (SSSR count). The van der Waals surface area contributed by atoms with Gasteiger partial charge in [0.05, 0.1) is 22.4 Å². The van der Waals surface area contributed by atoms with Crippen molar-refractivity contribution in [3.05, 3.63) is 17.4 Å². The van der Waals surface area contributed by atoms with Gasteiger partial charge in [0.25, 0.3) is 0 Å². The molecule has 0 N–H and O–H groups in total. The first kappa shape index (κ1) is 15.8. The highest BCUT2D eigenvalue weighted by molar-refractivity contribution is 6.30. The monoisotopic (exact) mass is 325 g/mol. The van der Waals surface area contributed by atoms with E-state index in [1.807, 2.05) is 4.90 Å². The molecule has 3 heterocycles. The van der Waals surface area contributed by atoms with Gasteiger partial charge in [-0.2, -0.15) is 5.10 Å². The average Bonchev–Trinajstić information content (AvgIpc) is 2.81. The third-order valence-electron chi connectivity index (χ3n) is 5.04. The predicted molar refractivity (Wildman–Crippen MR) is 84.7 cm³/mol. The molecule has 0 aliphatic carbocycles. The SMILES string of the molecule is CC1(C)CC[C@H]2CN(C(=O)Cn3cc(Cl)cn3)CC[C@@]2(C)O1. The molecular weight excluding hydrogens is 302 g/mol. The van der Waals surface area contributed by atoms with Crippen molar-refractivity contribution in [3.63, 3.8) is 0 Å². The zero-order valence-electron chi connectivity index (χ0n) is 13.5. The van der Waals surface area contributed by atoms with Crippen LogP contribution in [0, 0.1) is 5.92 Å². The first-order valence-electron chi connectivity index (χ1n) is 7.93. The molecule has 2 atom stereocenters. The molecule has 1 aromatic heterocycles. The van der Waals surface area contributed by atoms with Gasteiger partial charge in [0.2, 0.25) is 5.91 Å². The Hall–Kier alpha value is -1.07. The van der Waals surface area contributed by atoms with E-state index in [-0.39, 0.29) is 23.7 Å². The van der Waals surface area contributed by atoms with Gasteiger partial charge >= 0.3 is 0 Å². The Morgan fingerprint density at radius 1 is 1.45 bits per heavy atom. The van der Waals surface area contributed by atoms with E-state index in [2.05, 4.69) is 25.9 Å². The lowest BCUT2D eigenvalue weighted by molar-refractivity contribution is -0.214. The van der Waals surface area contributed by atoms with Crippen LogP contribution in [0.1, 0.15) is 40.0 Å². The number of aromatic nitrogens is 2. The summed E-state index contributed by atoms with van der Waals surface area (Å²) in [4.78, 5) is 14.4. The third-order valence-corrected chi connectivity index (χ3v) is 5.23. The summed E-state index contributed by atoms with van der Waals surface area (Å²) in [5.41, 5.74) is -0.156. The lowest BCUT2D eigenvalue weighted by Gasteiger charge is -2.53. The van der Waals surface area contributed by atoms with Crippen LogP contribution in [0.25, 0.3) is 0 Å². The Morgan fingerprint density at radius 2 is 2.23 bits per heavy atom. The number of carbonyl (C=O) groups is 1. The van der Waals surface area contributed by atoms with Crippen LogP contribution < -0.4 is 0 Å². The fraction of sp³-hybridized carbons (Fsp3) is 0.750. The summed E-state index contributed by atoms with van der Waals surface area (Å²) in [6.45, 7) is 8.30. The van der Waals surface area contributed by atoms with Crippen molar-refractivity contribution in [2.45, 2.75) is 57.8 Å². The number of halogens is 1. The van der Waals surface area contributed by atoms with Gasteiger partial charge in [-0.15, -0.1) is 0 Å². The summed E-state index contributed by atoms with van der Waals surface area (Å²) in [5.74, 6) is 0.520. The highest BCUT2D eigenvalue weighted by Gasteiger charge is 2.47. The van der Waals surface area contributed by atoms with Crippen LogP contribution in [0.4, 0.5) is 0 Å². The van der Waals surface area contributed by atoms with E-state index in [4.69, 9.17) is 16.3 Å². The summed E-state index contributed by atoms with van der Waals surface area (Å²) in [6, 6.07) is 0. The molecule has 22 heavy (non-hydrogen) atoms.